The number of benzene rings is 3. The number of carbonyl (C=O) groups excluding carboxylic acids is 2. The first-order valence-electron chi connectivity index (χ1n) is 11.4. The van der Waals surface area contributed by atoms with Gasteiger partial charge in [0.1, 0.15) is 5.70 Å². The maximum absolute atomic E-state index is 13.6. The van der Waals surface area contributed by atoms with Gasteiger partial charge in [0, 0.05) is 32.7 Å². The molecular formula is C28H27N3O2. The number of amides is 2. The fraction of sp³-hybridized carbons (Fsp3) is 0.214. The normalized spacial score (nSPS) is 17.2. The minimum Gasteiger partial charge on any atom is -0.364 e. The molecule has 2 amide bonds. The molecule has 0 radical (unpaired) electrons. The summed E-state index contributed by atoms with van der Waals surface area (Å²) in [5.41, 5.74) is 4.82. The molecule has 0 atom stereocenters. The minimum atomic E-state index is -0.253. The molecule has 5 nitrogen and oxygen atoms in total. The second-order valence-electron chi connectivity index (χ2n) is 8.62. The van der Waals surface area contributed by atoms with Crippen molar-refractivity contribution in [1.29, 1.82) is 0 Å². The van der Waals surface area contributed by atoms with Crippen LogP contribution in [0.3, 0.4) is 0 Å². The number of aryl methyl sites for hydroxylation is 1. The molecule has 33 heavy (non-hydrogen) atoms. The highest BCUT2D eigenvalue weighted by Crippen LogP contribution is 2.35. The van der Waals surface area contributed by atoms with Gasteiger partial charge in [-0.2, -0.15) is 0 Å². The summed E-state index contributed by atoms with van der Waals surface area (Å²) in [7, 11) is 0. The van der Waals surface area contributed by atoms with Crippen LogP contribution in [0.4, 0.5) is 5.69 Å². The molecule has 5 heteroatoms. The number of rotatable bonds is 5. The van der Waals surface area contributed by atoms with E-state index in [-0.39, 0.29) is 11.8 Å². The van der Waals surface area contributed by atoms with Gasteiger partial charge < -0.3 is 4.90 Å². The number of hydrogen-bond acceptors (Lipinski definition) is 4. The number of carbonyl (C=O) groups is 2. The molecule has 0 N–H and O–H groups in total. The van der Waals surface area contributed by atoms with Crippen molar-refractivity contribution in [3.05, 3.63) is 107 Å². The van der Waals surface area contributed by atoms with Crippen molar-refractivity contribution in [3.8, 4) is 0 Å². The molecule has 166 valence electrons. The highest BCUT2D eigenvalue weighted by molar-refractivity contribution is 6.45. The molecule has 1 fully saturated rings. The Morgan fingerprint density at radius 1 is 0.697 bits per heavy atom. The third-order valence-electron chi connectivity index (χ3n) is 6.35. The van der Waals surface area contributed by atoms with Crippen LogP contribution in [-0.4, -0.2) is 47.8 Å². The molecule has 0 bridgehead atoms. The van der Waals surface area contributed by atoms with E-state index in [4.69, 9.17) is 0 Å². The molecule has 2 aliphatic rings. The Morgan fingerprint density at radius 2 is 1.30 bits per heavy atom. The summed E-state index contributed by atoms with van der Waals surface area (Å²) in [5, 5.41) is 0. The van der Waals surface area contributed by atoms with Crippen LogP contribution < -0.4 is 4.90 Å². The van der Waals surface area contributed by atoms with E-state index in [1.54, 1.807) is 0 Å². The minimum absolute atomic E-state index is 0.238. The Labute approximate surface area is 194 Å². The van der Waals surface area contributed by atoms with E-state index in [1.807, 2.05) is 67.6 Å². The van der Waals surface area contributed by atoms with Crippen molar-refractivity contribution >= 4 is 23.1 Å². The average Bonchev–Trinajstić information content (AvgIpc) is 3.11. The molecule has 0 spiro atoms. The van der Waals surface area contributed by atoms with Crippen LogP contribution in [0, 0.1) is 6.92 Å². The lowest BCUT2D eigenvalue weighted by atomic mass is 10.0. The molecular weight excluding hydrogens is 410 g/mol. The van der Waals surface area contributed by atoms with Crippen molar-refractivity contribution in [2.45, 2.75) is 13.5 Å². The molecule has 0 unspecified atom stereocenters. The maximum atomic E-state index is 13.6. The van der Waals surface area contributed by atoms with E-state index in [0.717, 1.165) is 30.8 Å². The first-order valence-corrected chi connectivity index (χ1v) is 11.4. The van der Waals surface area contributed by atoms with Crippen molar-refractivity contribution < 1.29 is 9.59 Å². The summed E-state index contributed by atoms with van der Waals surface area (Å²) in [6.07, 6.45) is 0. The van der Waals surface area contributed by atoms with Crippen LogP contribution in [0.2, 0.25) is 0 Å². The van der Waals surface area contributed by atoms with Crippen LogP contribution in [0.1, 0.15) is 16.7 Å². The van der Waals surface area contributed by atoms with Gasteiger partial charge in [0.05, 0.1) is 11.3 Å². The molecule has 2 heterocycles. The summed E-state index contributed by atoms with van der Waals surface area (Å²) in [5.74, 6) is -0.491. The van der Waals surface area contributed by atoms with Crippen molar-refractivity contribution in [1.82, 2.24) is 9.80 Å². The van der Waals surface area contributed by atoms with E-state index in [1.165, 1.54) is 10.5 Å². The van der Waals surface area contributed by atoms with Crippen LogP contribution in [0.25, 0.3) is 5.57 Å². The molecule has 1 saturated heterocycles. The van der Waals surface area contributed by atoms with Gasteiger partial charge in [-0.1, -0.05) is 78.4 Å². The van der Waals surface area contributed by atoms with Gasteiger partial charge in [-0.3, -0.25) is 14.5 Å². The predicted octanol–water partition coefficient (Wildman–Crippen LogP) is 4.10. The third kappa shape index (κ3) is 4.20. The molecule has 0 aromatic heterocycles. The predicted molar refractivity (Wildman–Crippen MR) is 130 cm³/mol. The van der Waals surface area contributed by atoms with Crippen molar-refractivity contribution in [2.24, 2.45) is 0 Å². The zero-order valence-electron chi connectivity index (χ0n) is 18.8. The fourth-order valence-corrected chi connectivity index (χ4v) is 4.57. The maximum Gasteiger partial charge on any atom is 0.282 e. The molecule has 2 aliphatic heterocycles. The Bertz CT molecular complexity index is 1180. The number of nitrogens with zero attached hydrogens (tertiary/aromatic N) is 3. The Kier molecular flexibility index (Phi) is 5.80. The Morgan fingerprint density at radius 3 is 1.94 bits per heavy atom. The van der Waals surface area contributed by atoms with E-state index >= 15 is 0 Å². The lowest BCUT2D eigenvalue weighted by Gasteiger charge is -2.36. The summed E-state index contributed by atoms with van der Waals surface area (Å²) in [6, 6.07) is 27.5. The van der Waals surface area contributed by atoms with E-state index in [0.29, 0.717) is 30.0 Å². The topological polar surface area (TPSA) is 43.9 Å². The fourth-order valence-electron chi connectivity index (χ4n) is 4.57. The van der Waals surface area contributed by atoms with E-state index in [9.17, 15) is 9.59 Å². The highest BCUT2D eigenvalue weighted by atomic mass is 16.2. The monoisotopic (exact) mass is 437 g/mol. The molecule has 0 saturated carbocycles. The van der Waals surface area contributed by atoms with Gasteiger partial charge in [0.2, 0.25) is 0 Å². The van der Waals surface area contributed by atoms with E-state index < -0.39 is 0 Å². The molecule has 3 aromatic rings. The number of imide groups is 1. The van der Waals surface area contributed by atoms with Crippen molar-refractivity contribution in [3.63, 3.8) is 0 Å². The van der Waals surface area contributed by atoms with Gasteiger partial charge in [0.25, 0.3) is 11.8 Å². The van der Waals surface area contributed by atoms with Crippen LogP contribution in [-0.2, 0) is 16.1 Å². The largest absolute Gasteiger partial charge is 0.364 e. The smallest absolute Gasteiger partial charge is 0.282 e. The van der Waals surface area contributed by atoms with Gasteiger partial charge in [0.15, 0.2) is 0 Å². The molecule has 0 aliphatic carbocycles. The summed E-state index contributed by atoms with van der Waals surface area (Å²) in [6.45, 7) is 6.00. The summed E-state index contributed by atoms with van der Waals surface area (Å²) >= 11 is 0. The van der Waals surface area contributed by atoms with Gasteiger partial charge in [-0.25, -0.2) is 4.90 Å². The number of anilines is 1. The van der Waals surface area contributed by atoms with Crippen LogP contribution >= 0.6 is 0 Å². The standard InChI is InChI=1S/C28H27N3O2/c1-21-12-14-23(15-13-21)25-26(28(33)31(27(25)32)24-10-6-3-7-11-24)30-18-16-29(17-19-30)20-22-8-4-2-5-9-22/h2-15H,16-20H2,1H3. The van der Waals surface area contributed by atoms with E-state index in [2.05, 4.69) is 34.1 Å². The van der Waals surface area contributed by atoms with Crippen LogP contribution in [0.5, 0.6) is 0 Å². The molecule has 5 rings (SSSR count). The highest BCUT2D eigenvalue weighted by Gasteiger charge is 2.42. The molecule has 3 aromatic carbocycles. The number of hydrogen-bond donors (Lipinski definition) is 0. The SMILES string of the molecule is Cc1ccc(C2=C(N3CCN(Cc4ccccc4)CC3)C(=O)N(c3ccccc3)C2=O)cc1. The first-order chi connectivity index (χ1) is 16.1. The summed E-state index contributed by atoms with van der Waals surface area (Å²) < 4.78 is 0. The lowest BCUT2D eigenvalue weighted by Crippen LogP contribution is -2.47. The third-order valence-corrected chi connectivity index (χ3v) is 6.35. The Hall–Kier alpha value is -3.70. The lowest BCUT2D eigenvalue weighted by molar-refractivity contribution is -0.120. The quantitative estimate of drug-likeness (QED) is 0.564. The number of para-hydroxylation sites is 1. The second-order valence-corrected chi connectivity index (χ2v) is 8.62. The zero-order valence-corrected chi connectivity index (χ0v) is 18.8. The number of piperazine rings is 1. The average molecular weight is 438 g/mol. The van der Waals surface area contributed by atoms with Crippen LogP contribution in [0.15, 0.2) is 90.6 Å². The van der Waals surface area contributed by atoms with Crippen molar-refractivity contribution in [2.75, 3.05) is 31.1 Å². The van der Waals surface area contributed by atoms with Gasteiger partial charge in [-0.15, -0.1) is 0 Å². The second kappa shape index (κ2) is 9.04. The summed E-state index contributed by atoms with van der Waals surface area (Å²) in [4.78, 5) is 33.0. The zero-order chi connectivity index (χ0) is 22.8. The first kappa shape index (κ1) is 21.2. The van der Waals surface area contributed by atoms with Gasteiger partial charge >= 0.3 is 0 Å². The van der Waals surface area contributed by atoms with Gasteiger partial charge in [-0.05, 0) is 30.2 Å². The Balaban J connectivity index is 1.44.